The Kier molecular flexibility index (Phi) is 7.19. The number of fused-ring (bicyclic) bond motifs is 1. The second-order valence-electron chi connectivity index (χ2n) is 7.19. The molecule has 1 N–H and O–H groups in total. The number of unbranched alkanes of at least 4 members (excludes halogenated alkanes) is 2. The molecule has 1 fully saturated rings. The number of thioether (sulfide) groups is 1. The van der Waals surface area contributed by atoms with Crippen molar-refractivity contribution in [1.29, 1.82) is 0 Å². The summed E-state index contributed by atoms with van der Waals surface area (Å²) in [7, 11) is 0. The quantitative estimate of drug-likeness (QED) is 0.388. The first-order chi connectivity index (χ1) is 13.8. The van der Waals surface area contributed by atoms with E-state index in [0.717, 1.165) is 43.2 Å². The maximum Gasteiger partial charge on any atom is 0.127 e. The van der Waals surface area contributed by atoms with Crippen molar-refractivity contribution in [1.82, 2.24) is 5.32 Å². The van der Waals surface area contributed by atoms with E-state index in [1.165, 1.54) is 39.8 Å². The number of benzene rings is 2. The van der Waals surface area contributed by atoms with E-state index in [4.69, 9.17) is 16.3 Å². The molecule has 3 aromatic rings. The summed E-state index contributed by atoms with van der Waals surface area (Å²) >= 11 is 9.80. The molecule has 4 rings (SSSR count). The van der Waals surface area contributed by atoms with E-state index < -0.39 is 0 Å². The molecule has 0 spiro atoms. The molecule has 1 aromatic heterocycles. The smallest absolute Gasteiger partial charge is 0.127 e. The van der Waals surface area contributed by atoms with Crippen molar-refractivity contribution in [2.45, 2.75) is 37.5 Å². The minimum atomic E-state index is 0.553. The molecule has 0 radical (unpaired) electrons. The minimum Gasteiger partial charge on any atom is -0.493 e. The van der Waals surface area contributed by atoms with Crippen LogP contribution in [0.4, 0.5) is 0 Å². The van der Waals surface area contributed by atoms with Crippen LogP contribution in [0.25, 0.3) is 10.1 Å². The van der Waals surface area contributed by atoms with Crippen molar-refractivity contribution < 1.29 is 4.74 Å². The van der Waals surface area contributed by atoms with E-state index in [9.17, 15) is 0 Å². The van der Waals surface area contributed by atoms with Gasteiger partial charge in [-0.15, -0.1) is 23.1 Å². The van der Waals surface area contributed by atoms with Gasteiger partial charge in [-0.05, 0) is 72.9 Å². The topological polar surface area (TPSA) is 21.3 Å². The van der Waals surface area contributed by atoms with Gasteiger partial charge in [-0.25, -0.2) is 0 Å². The average molecular weight is 432 g/mol. The zero-order valence-corrected chi connectivity index (χ0v) is 18.3. The molecule has 1 unspecified atom stereocenters. The first-order valence-corrected chi connectivity index (χ1v) is 12.3. The van der Waals surface area contributed by atoms with E-state index in [0.29, 0.717) is 5.37 Å². The van der Waals surface area contributed by atoms with Crippen molar-refractivity contribution in [3.63, 3.8) is 0 Å². The van der Waals surface area contributed by atoms with Crippen LogP contribution in [0.5, 0.6) is 5.75 Å². The number of ether oxygens (including phenoxy) is 1. The molecule has 0 saturated carbocycles. The molecule has 0 aliphatic carbocycles. The zero-order valence-electron chi connectivity index (χ0n) is 16.0. The van der Waals surface area contributed by atoms with Gasteiger partial charge in [0.15, 0.2) is 0 Å². The van der Waals surface area contributed by atoms with Gasteiger partial charge in [0, 0.05) is 27.4 Å². The Balaban J connectivity index is 1.25. The van der Waals surface area contributed by atoms with Crippen molar-refractivity contribution in [2.75, 3.05) is 18.9 Å². The molecule has 1 aliphatic heterocycles. The van der Waals surface area contributed by atoms with Gasteiger partial charge >= 0.3 is 0 Å². The van der Waals surface area contributed by atoms with Crippen LogP contribution in [0.2, 0.25) is 5.02 Å². The van der Waals surface area contributed by atoms with Crippen LogP contribution >= 0.6 is 34.7 Å². The Labute approximate surface area is 180 Å². The minimum absolute atomic E-state index is 0.553. The van der Waals surface area contributed by atoms with Crippen LogP contribution in [0, 0.1) is 0 Å². The van der Waals surface area contributed by atoms with E-state index in [2.05, 4.69) is 41.0 Å². The molecule has 2 heterocycles. The van der Waals surface area contributed by atoms with Crippen LogP contribution in [0.1, 0.15) is 30.4 Å². The van der Waals surface area contributed by atoms with E-state index >= 15 is 0 Å². The maximum atomic E-state index is 6.14. The van der Waals surface area contributed by atoms with Gasteiger partial charge in [-0.1, -0.05) is 29.8 Å². The average Bonchev–Trinajstić information content (AvgIpc) is 3.39. The third-order valence-corrected chi connectivity index (χ3v) is 7.55. The van der Waals surface area contributed by atoms with E-state index in [1.807, 2.05) is 35.2 Å². The summed E-state index contributed by atoms with van der Waals surface area (Å²) in [6, 6.07) is 14.8. The molecular formula is C23H26ClNOS2. The lowest BCUT2D eigenvalue weighted by Crippen LogP contribution is -2.21. The largest absolute Gasteiger partial charge is 0.493 e. The van der Waals surface area contributed by atoms with Gasteiger partial charge in [0.2, 0.25) is 0 Å². The molecule has 28 heavy (non-hydrogen) atoms. The highest BCUT2D eigenvalue weighted by molar-refractivity contribution is 8.00. The predicted molar refractivity (Wildman–Crippen MR) is 124 cm³/mol. The Bertz CT molecular complexity index is 887. The number of rotatable bonds is 9. The van der Waals surface area contributed by atoms with Gasteiger partial charge in [-0.3, -0.25) is 0 Å². The first-order valence-electron chi connectivity index (χ1n) is 10.0. The molecule has 2 aromatic carbocycles. The monoisotopic (exact) mass is 431 g/mol. The summed E-state index contributed by atoms with van der Waals surface area (Å²) < 4.78 is 7.52. The summed E-state index contributed by atoms with van der Waals surface area (Å²) in [5.41, 5.74) is 2.79. The second-order valence-corrected chi connectivity index (χ2v) is 9.85. The summed E-state index contributed by atoms with van der Waals surface area (Å²) in [6.07, 6.45) is 5.64. The van der Waals surface area contributed by atoms with Crippen LogP contribution in [0.3, 0.4) is 0 Å². The summed E-state index contributed by atoms with van der Waals surface area (Å²) in [5, 5.41) is 8.39. The molecule has 0 bridgehead atoms. The lowest BCUT2D eigenvalue weighted by atomic mass is 10.1. The lowest BCUT2D eigenvalue weighted by molar-refractivity contribution is 0.309. The van der Waals surface area contributed by atoms with Gasteiger partial charge in [0.05, 0.1) is 12.0 Å². The molecule has 2 nitrogen and oxygen atoms in total. The van der Waals surface area contributed by atoms with Gasteiger partial charge in [0.1, 0.15) is 5.75 Å². The number of hydrogen-bond donors (Lipinski definition) is 1. The Morgan fingerprint density at radius 1 is 1.04 bits per heavy atom. The van der Waals surface area contributed by atoms with E-state index in [1.54, 1.807) is 0 Å². The number of thiophene rings is 1. The molecule has 5 heteroatoms. The molecule has 1 saturated heterocycles. The summed E-state index contributed by atoms with van der Waals surface area (Å²) in [6.45, 7) is 1.91. The van der Waals surface area contributed by atoms with Crippen LogP contribution in [0.15, 0.2) is 47.8 Å². The SMILES string of the molecule is Clc1ccc(CCCCCOc2ccc(CC3NCCS3)c3sccc23)cc1. The Hall–Kier alpha value is -1.20. The molecule has 148 valence electrons. The standard InChI is InChI=1S/C23H26ClNOS2/c24-19-8-5-17(6-9-19)4-2-1-3-13-26-21-10-7-18(16-22-25-12-15-27-22)23-20(21)11-14-28-23/h5-11,14,22,25H,1-4,12-13,15-16H2. The maximum absolute atomic E-state index is 6.14. The fourth-order valence-corrected chi connectivity index (χ4v) is 5.75. The van der Waals surface area contributed by atoms with Crippen molar-refractivity contribution in [2.24, 2.45) is 0 Å². The zero-order chi connectivity index (χ0) is 19.2. The highest BCUT2D eigenvalue weighted by Gasteiger charge is 2.17. The third kappa shape index (κ3) is 5.24. The number of aryl methyl sites for hydroxylation is 1. The number of hydrogen-bond acceptors (Lipinski definition) is 4. The van der Waals surface area contributed by atoms with Crippen LogP contribution in [-0.4, -0.2) is 24.3 Å². The molecule has 1 atom stereocenters. The van der Waals surface area contributed by atoms with Crippen LogP contribution < -0.4 is 10.1 Å². The van der Waals surface area contributed by atoms with Crippen molar-refractivity contribution in [3.8, 4) is 5.75 Å². The highest BCUT2D eigenvalue weighted by atomic mass is 35.5. The first kappa shape index (κ1) is 20.1. The lowest BCUT2D eigenvalue weighted by Gasteiger charge is -2.13. The molecule has 1 aliphatic rings. The Morgan fingerprint density at radius 2 is 1.93 bits per heavy atom. The normalized spacial score (nSPS) is 16.7. The molecular weight excluding hydrogens is 406 g/mol. The Morgan fingerprint density at radius 3 is 2.75 bits per heavy atom. The predicted octanol–water partition coefficient (Wildman–Crippen LogP) is 6.55. The van der Waals surface area contributed by atoms with Crippen molar-refractivity contribution >= 4 is 44.8 Å². The van der Waals surface area contributed by atoms with Crippen LogP contribution in [-0.2, 0) is 12.8 Å². The van der Waals surface area contributed by atoms with Gasteiger partial charge in [0.25, 0.3) is 0 Å². The summed E-state index contributed by atoms with van der Waals surface area (Å²) in [5.74, 6) is 2.25. The highest BCUT2D eigenvalue weighted by Crippen LogP contribution is 2.34. The third-order valence-electron chi connectivity index (χ3n) is 5.14. The molecule has 0 amide bonds. The fourth-order valence-electron chi connectivity index (χ4n) is 3.63. The van der Waals surface area contributed by atoms with Gasteiger partial charge in [-0.2, -0.15) is 0 Å². The number of halogens is 1. The summed E-state index contributed by atoms with van der Waals surface area (Å²) in [4.78, 5) is 0. The second kappa shape index (κ2) is 10.0. The fraction of sp³-hybridized carbons (Fsp3) is 0.391. The van der Waals surface area contributed by atoms with E-state index in [-0.39, 0.29) is 0 Å². The van der Waals surface area contributed by atoms with Crippen molar-refractivity contribution in [3.05, 3.63) is 64.0 Å². The van der Waals surface area contributed by atoms with Gasteiger partial charge < -0.3 is 10.1 Å². The number of nitrogens with one attached hydrogen (secondary N) is 1.